The van der Waals surface area contributed by atoms with E-state index in [1.165, 1.54) is 0 Å². The summed E-state index contributed by atoms with van der Waals surface area (Å²) >= 11 is 0. The van der Waals surface area contributed by atoms with Gasteiger partial charge in [-0.2, -0.15) is 0 Å². The smallest absolute Gasteiger partial charge is 0.153 e. The summed E-state index contributed by atoms with van der Waals surface area (Å²) < 4.78 is 6.77. The Bertz CT molecular complexity index is 778. The monoisotopic (exact) mass is 293 g/mol. The highest BCUT2D eigenvalue weighted by Gasteiger charge is 2.07. The topological polar surface area (TPSA) is 78.3 Å². The molecule has 1 heterocycles. The molecule has 0 spiro atoms. The van der Waals surface area contributed by atoms with Gasteiger partial charge in [0.1, 0.15) is 11.4 Å². The molecule has 6 heteroatoms. The van der Waals surface area contributed by atoms with E-state index < -0.39 is 0 Å². The van der Waals surface area contributed by atoms with Crippen molar-refractivity contribution in [3.63, 3.8) is 0 Å². The Morgan fingerprint density at radius 3 is 2.50 bits per heavy atom. The van der Waals surface area contributed by atoms with Crippen LogP contribution < -0.4 is 10.5 Å². The first-order chi connectivity index (χ1) is 10.8. The van der Waals surface area contributed by atoms with Crippen molar-refractivity contribution in [3.8, 4) is 11.4 Å². The van der Waals surface area contributed by atoms with Gasteiger partial charge < -0.3 is 10.5 Å². The Labute approximate surface area is 127 Å². The molecule has 0 fully saturated rings. The highest BCUT2D eigenvalue weighted by molar-refractivity contribution is 5.97. The Balaban J connectivity index is 1.85. The number of aliphatic imine (C=N–C) groups is 1. The molecule has 3 aromatic rings. The predicted octanol–water partition coefficient (Wildman–Crippen LogP) is 2.31. The molecule has 0 bridgehead atoms. The van der Waals surface area contributed by atoms with Crippen LogP contribution in [0.1, 0.15) is 5.69 Å². The van der Waals surface area contributed by atoms with Crippen LogP contribution in [-0.2, 0) is 0 Å². The van der Waals surface area contributed by atoms with Crippen LogP contribution >= 0.6 is 0 Å². The summed E-state index contributed by atoms with van der Waals surface area (Å²) in [5.74, 6) is 1.11. The summed E-state index contributed by atoms with van der Waals surface area (Å²) in [5.41, 5.74) is 8.15. The molecule has 0 saturated carbocycles. The lowest BCUT2D eigenvalue weighted by Crippen LogP contribution is -2.13. The minimum atomic E-state index is 0.325. The van der Waals surface area contributed by atoms with Crippen molar-refractivity contribution in [2.45, 2.75) is 0 Å². The number of amidine groups is 1. The molecule has 1 aromatic heterocycles. The Morgan fingerprint density at radius 2 is 1.82 bits per heavy atom. The van der Waals surface area contributed by atoms with Gasteiger partial charge in [0.25, 0.3) is 0 Å². The number of nitrogens with zero attached hydrogens (tertiary/aromatic N) is 4. The average molecular weight is 293 g/mol. The molecule has 0 unspecified atom stereocenters. The fraction of sp³-hybridized carbons (Fsp3) is 0.0625. The van der Waals surface area contributed by atoms with Gasteiger partial charge in [0, 0.05) is 0 Å². The second-order valence-electron chi connectivity index (χ2n) is 4.58. The summed E-state index contributed by atoms with van der Waals surface area (Å²) in [6.45, 7) is 0. The SMILES string of the molecule is COc1ccc(-n2cc(C(N)=Nc3ccccc3)nn2)cc1. The number of para-hydroxylation sites is 1. The number of ether oxygens (including phenoxy) is 1. The van der Waals surface area contributed by atoms with Crippen LogP contribution in [0.25, 0.3) is 5.69 Å². The minimum Gasteiger partial charge on any atom is -0.497 e. The third-order valence-electron chi connectivity index (χ3n) is 3.10. The minimum absolute atomic E-state index is 0.325. The van der Waals surface area contributed by atoms with E-state index in [1.807, 2.05) is 54.6 Å². The van der Waals surface area contributed by atoms with Gasteiger partial charge in [0.15, 0.2) is 5.84 Å². The van der Waals surface area contributed by atoms with Crippen LogP contribution in [0.5, 0.6) is 5.75 Å². The Kier molecular flexibility index (Phi) is 3.82. The van der Waals surface area contributed by atoms with Crippen molar-refractivity contribution >= 4 is 11.5 Å². The molecule has 0 saturated heterocycles. The van der Waals surface area contributed by atoms with E-state index in [2.05, 4.69) is 15.3 Å². The van der Waals surface area contributed by atoms with Gasteiger partial charge >= 0.3 is 0 Å². The summed E-state index contributed by atoms with van der Waals surface area (Å²) in [4.78, 5) is 4.32. The second-order valence-corrected chi connectivity index (χ2v) is 4.58. The van der Waals surface area contributed by atoms with Crippen molar-refractivity contribution in [1.29, 1.82) is 0 Å². The standard InChI is InChI=1S/C16H15N5O/c1-22-14-9-7-13(8-10-14)21-11-15(19-20-21)16(17)18-12-5-3-2-4-6-12/h2-11H,1H3,(H2,17,18). The number of methoxy groups -OCH3 is 1. The summed E-state index contributed by atoms with van der Waals surface area (Å²) in [6, 6.07) is 17.0. The molecular weight excluding hydrogens is 278 g/mol. The Hall–Kier alpha value is -3.15. The van der Waals surface area contributed by atoms with E-state index in [1.54, 1.807) is 18.0 Å². The Morgan fingerprint density at radius 1 is 1.09 bits per heavy atom. The molecular formula is C16H15N5O. The summed E-state index contributed by atoms with van der Waals surface area (Å²) in [7, 11) is 1.63. The maximum atomic E-state index is 5.98. The van der Waals surface area contributed by atoms with Crippen molar-refractivity contribution in [1.82, 2.24) is 15.0 Å². The van der Waals surface area contributed by atoms with Crippen molar-refractivity contribution in [3.05, 3.63) is 66.5 Å². The highest BCUT2D eigenvalue weighted by atomic mass is 16.5. The highest BCUT2D eigenvalue weighted by Crippen LogP contribution is 2.15. The van der Waals surface area contributed by atoms with E-state index in [4.69, 9.17) is 10.5 Å². The van der Waals surface area contributed by atoms with Crippen LogP contribution in [0.15, 0.2) is 65.8 Å². The number of aromatic nitrogens is 3. The summed E-state index contributed by atoms with van der Waals surface area (Å²) in [6.07, 6.45) is 1.74. The van der Waals surface area contributed by atoms with Gasteiger partial charge in [0.2, 0.25) is 0 Å². The quantitative estimate of drug-likeness (QED) is 0.591. The molecule has 0 aliphatic carbocycles. The maximum Gasteiger partial charge on any atom is 0.153 e. The van der Waals surface area contributed by atoms with Crippen molar-refractivity contribution in [2.24, 2.45) is 10.7 Å². The van der Waals surface area contributed by atoms with E-state index in [9.17, 15) is 0 Å². The molecule has 0 aliphatic heterocycles. The van der Waals surface area contributed by atoms with Crippen LogP contribution in [0.4, 0.5) is 5.69 Å². The largest absolute Gasteiger partial charge is 0.497 e. The van der Waals surface area contributed by atoms with Gasteiger partial charge in [-0.25, -0.2) is 9.67 Å². The molecule has 2 N–H and O–H groups in total. The van der Waals surface area contributed by atoms with Gasteiger partial charge in [-0.15, -0.1) is 5.10 Å². The molecule has 0 amide bonds. The molecule has 22 heavy (non-hydrogen) atoms. The van der Waals surface area contributed by atoms with Crippen molar-refractivity contribution < 1.29 is 4.74 Å². The van der Waals surface area contributed by atoms with Gasteiger partial charge in [-0.1, -0.05) is 23.4 Å². The van der Waals surface area contributed by atoms with Crippen LogP contribution in [-0.4, -0.2) is 27.9 Å². The molecule has 0 atom stereocenters. The second kappa shape index (κ2) is 6.09. The third-order valence-corrected chi connectivity index (χ3v) is 3.10. The number of hydrogen-bond donors (Lipinski definition) is 1. The van der Waals surface area contributed by atoms with E-state index in [0.29, 0.717) is 11.5 Å². The van der Waals surface area contributed by atoms with E-state index in [-0.39, 0.29) is 0 Å². The summed E-state index contributed by atoms with van der Waals surface area (Å²) in [5, 5.41) is 8.13. The molecule has 6 nitrogen and oxygen atoms in total. The van der Waals surface area contributed by atoms with Crippen LogP contribution in [0.3, 0.4) is 0 Å². The average Bonchev–Trinajstić information content (AvgIpc) is 3.06. The van der Waals surface area contributed by atoms with Crippen LogP contribution in [0.2, 0.25) is 0 Å². The van der Waals surface area contributed by atoms with Crippen molar-refractivity contribution in [2.75, 3.05) is 7.11 Å². The van der Waals surface area contributed by atoms with E-state index >= 15 is 0 Å². The zero-order valence-electron chi connectivity index (χ0n) is 12.0. The molecule has 110 valence electrons. The molecule has 2 aromatic carbocycles. The number of nitrogens with two attached hydrogens (primary N) is 1. The maximum absolute atomic E-state index is 5.98. The lowest BCUT2D eigenvalue weighted by atomic mass is 10.3. The number of rotatable bonds is 4. The predicted molar refractivity (Wildman–Crippen MR) is 84.7 cm³/mol. The van der Waals surface area contributed by atoms with Gasteiger partial charge in [0.05, 0.1) is 24.7 Å². The zero-order chi connectivity index (χ0) is 15.4. The zero-order valence-corrected chi connectivity index (χ0v) is 12.0. The fourth-order valence-corrected chi connectivity index (χ4v) is 1.94. The number of hydrogen-bond acceptors (Lipinski definition) is 4. The lowest BCUT2D eigenvalue weighted by Gasteiger charge is -2.02. The van der Waals surface area contributed by atoms with Gasteiger partial charge in [-0.05, 0) is 36.4 Å². The first-order valence-corrected chi connectivity index (χ1v) is 6.72. The fourth-order valence-electron chi connectivity index (χ4n) is 1.94. The van der Waals surface area contributed by atoms with Gasteiger partial charge in [-0.3, -0.25) is 0 Å². The number of benzene rings is 2. The molecule has 0 radical (unpaired) electrons. The normalized spacial score (nSPS) is 11.4. The molecule has 3 rings (SSSR count). The molecule has 0 aliphatic rings. The van der Waals surface area contributed by atoms with Crippen LogP contribution in [0, 0.1) is 0 Å². The third kappa shape index (κ3) is 2.95. The van der Waals surface area contributed by atoms with E-state index in [0.717, 1.165) is 17.1 Å². The first kappa shape index (κ1) is 13.8. The first-order valence-electron chi connectivity index (χ1n) is 6.72. The lowest BCUT2D eigenvalue weighted by molar-refractivity contribution is 0.414.